The molecule has 1 unspecified atom stereocenters. The molecule has 0 fully saturated rings. The van der Waals surface area contributed by atoms with Crippen LogP contribution in [0.5, 0.6) is 0 Å². The number of thiol groups is 1. The summed E-state index contributed by atoms with van der Waals surface area (Å²) < 4.78 is 4.79. The second-order valence-corrected chi connectivity index (χ2v) is 9.72. The van der Waals surface area contributed by atoms with E-state index in [9.17, 15) is 9.59 Å². The van der Waals surface area contributed by atoms with Gasteiger partial charge in [0.05, 0.1) is 28.5 Å². The van der Waals surface area contributed by atoms with E-state index in [0.29, 0.717) is 22.0 Å². The fourth-order valence-corrected chi connectivity index (χ4v) is 3.99. The maximum absolute atomic E-state index is 13.1. The number of halogens is 1. The van der Waals surface area contributed by atoms with Crippen LogP contribution in [0.1, 0.15) is 50.1 Å². The van der Waals surface area contributed by atoms with Crippen LogP contribution in [0.15, 0.2) is 94.6 Å². The molecule has 36 heavy (non-hydrogen) atoms. The number of furan rings is 1. The van der Waals surface area contributed by atoms with Gasteiger partial charge in [0.15, 0.2) is 0 Å². The van der Waals surface area contributed by atoms with Crippen LogP contribution in [-0.2, 0) is 4.75 Å². The van der Waals surface area contributed by atoms with Crippen molar-refractivity contribution in [2.45, 2.75) is 18.6 Å². The van der Waals surface area contributed by atoms with Gasteiger partial charge < -0.3 is 9.73 Å². The third-order valence-electron chi connectivity index (χ3n) is 5.62. The summed E-state index contributed by atoms with van der Waals surface area (Å²) in [5, 5.41) is 7.18. The molecule has 1 atom stereocenters. The number of nitrogens with one attached hydrogen (secondary N) is 2. The minimum Gasteiger partial charge on any atom is -0.468 e. The second-order valence-electron chi connectivity index (χ2n) is 8.38. The standard InChI is InChI=1S/C28H24ClN3O3S/c1-18-8-10-19(11-9-18)17-30-32-27(34)23-16-22(29)12-13-24(23)31-26(33)20-5-3-6-21(15-20)28(2,36)25-7-4-14-35-25/h3-17,36H,1-2H3,(H,31,33)(H,32,34)/b30-17+. The molecule has 0 bridgehead atoms. The number of hydrazone groups is 1. The lowest BCUT2D eigenvalue weighted by Gasteiger charge is -2.22. The molecule has 0 aliphatic carbocycles. The van der Waals surface area contributed by atoms with Crippen LogP contribution in [-0.4, -0.2) is 18.0 Å². The molecule has 0 saturated heterocycles. The van der Waals surface area contributed by atoms with Crippen molar-refractivity contribution >= 4 is 47.9 Å². The molecular formula is C28H24ClN3O3S. The predicted molar refractivity (Wildman–Crippen MR) is 146 cm³/mol. The van der Waals surface area contributed by atoms with Gasteiger partial charge in [0.1, 0.15) is 5.76 Å². The lowest BCUT2D eigenvalue weighted by Crippen LogP contribution is -2.22. The summed E-state index contributed by atoms with van der Waals surface area (Å²) in [6.45, 7) is 3.88. The smallest absolute Gasteiger partial charge is 0.273 e. The van der Waals surface area contributed by atoms with Gasteiger partial charge in [0.2, 0.25) is 0 Å². The molecule has 1 heterocycles. The molecule has 0 radical (unpaired) electrons. The minimum absolute atomic E-state index is 0.183. The summed E-state index contributed by atoms with van der Waals surface area (Å²) in [6.07, 6.45) is 3.12. The number of hydrogen-bond donors (Lipinski definition) is 3. The summed E-state index contributed by atoms with van der Waals surface area (Å²) >= 11 is 10.9. The molecule has 1 aromatic heterocycles. The third-order valence-corrected chi connectivity index (χ3v) is 6.33. The van der Waals surface area contributed by atoms with Crippen molar-refractivity contribution in [3.05, 3.63) is 124 Å². The number of carbonyl (C=O) groups excluding carboxylic acids is 2. The highest BCUT2D eigenvalue weighted by molar-refractivity contribution is 7.81. The first kappa shape index (κ1) is 25.3. The van der Waals surface area contributed by atoms with Crippen LogP contribution < -0.4 is 10.7 Å². The highest BCUT2D eigenvalue weighted by atomic mass is 35.5. The van der Waals surface area contributed by atoms with E-state index in [-0.39, 0.29) is 11.5 Å². The average molecular weight is 518 g/mol. The van der Waals surface area contributed by atoms with Crippen LogP contribution in [0.4, 0.5) is 5.69 Å². The average Bonchev–Trinajstić information content (AvgIpc) is 3.42. The molecule has 3 aromatic carbocycles. The number of amides is 2. The van der Waals surface area contributed by atoms with E-state index in [4.69, 9.17) is 28.6 Å². The summed E-state index contributed by atoms with van der Waals surface area (Å²) in [4.78, 5) is 26.0. The van der Waals surface area contributed by atoms with Crippen molar-refractivity contribution in [2.75, 3.05) is 5.32 Å². The Labute approximate surface area is 219 Å². The number of benzene rings is 3. The molecule has 0 saturated carbocycles. The van der Waals surface area contributed by atoms with Gasteiger partial charge in [-0.05, 0) is 67.4 Å². The van der Waals surface area contributed by atoms with E-state index in [1.807, 2.05) is 50.2 Å². The van der Waals surface area contributed by atoms with Crippen molar-refractivity contribution in [1.82, 2.24) is 5.43 Å². The SMILES string of the molecule is Cc1ccc(/C=N/NC(=O)c2cc(Cl)ccc2NC(=O)c2cccc(C(C)(S)c3ccco3)c2)cc1. The molecule has 182 valence electrons. The Bertz CT molecular complexity index is 1410. The highest BCUT2D eigenvalue weighted by Gasteiger charge is 2.28. The zero-order valence-electron chi connectivity index (χ0n) is 19.7. The van der Waals surface area contributed by atoms with Crippen LogP contribution >= 0.6 is 24.2 Å². The normalized spacial score (nSPS) is 12.8. The minimum atomic E-state index is -0.736. The molecule has 2 amide bonds. The lowest BCUT2D eigenvalue weighted by molar-refractivity contribution is 0.0956. The number of carbonyl (C=O) groups is 2. The van der Waals surface area contributed by atoms with Gasteiger partial charge in [0, 0.05) is 10.6 Å². The van der Waals surface area contributed by atoms with Gasteiger partial charge in [-0.1, -0.05) is 53.6 Å². The van der Waals surface area contributed by atoms with Gasteiger partial charge >= 0.3 is 0 Å². The lowest BCUT2D eigenvalue weighted by atomic mass is 9.95. The topological polar surface area (TPSA) is 83.7 Å². The van der Waals surface area contributed by atoms with Gasteiger partial charge in [-0.2, -0.15) is 17.7 Å². The molecule has 4 rings (SSSR count). The van der Waals surface area contributed by atoms with Gasteiger partial charge in [-0.25, -0.2) is 5.43 Å². The fourth-order valence-electron chi connectivity index (χ4n) is 3.55. The zero-order valence-corrected chi connectivity index (χ0v) is 21.3. The van der Waals surface area contributed by atoms with Crippen LogP contribution in [0.3, 0.4) is 0 Å². The Balaban J connectivity index is 1.52. The van der Waals surface area contributed by atoms with Crippen molar-refractivity contribution in [1.29, 1.82) is 0 Å². The number of rotatable bonds is 7. The Hall–Kier alpha value is -3.81. The molecular weight excluding hydrogens is 494 g/mol. The Morgan fingerprint density at radius 3 is 2.50 bits per heavy atom. The van der Waals surface area contributed by atoms with Crippen LogP contribution in [0, 0.1) is 6.92 Å². The number of anilines is 1. The summed E-state index contributed by atoms with van der Waals surface area (Å²) in [5.74, 6) is -0.239. The molecule has 0 spiro atoms. The van der Waals surface area contributed by atoms with E-state index < -0.39 is 10.7 Å². The molecule has 0 aliphatic rings. The Kier molecular flexibility index (Phi) is 7.62. The van der Waals surface area contributed by atoms with Gasteiger partial charge in [-0.15, -0.1) is 0 Å². The van der Waals surface area contributed by atoms with Crippen molar-refractivity contribution in [3.8, 4) is 0 Å². The first-order valence-electron chi connectivity index (χ1n) is 11.1. The fraction of sp³-hybridized carbons (Fsp3) is 0.107. The van der Waals surface area contributed by atoms with E-state index in [2.05, 4.69) is 15.8 Å². The third kappa shape index (κ3) is 5.87. The Morgan fingerprint density at radius 1 is 1.00 bits per heavy atom. The number of aryl methyl sites for hydroxylation is 1. The van der Waals surface area contributed by atoms with E-state index in [1.165, 1.54) is 6.07 Å². The van der Waals surface area contributed by atoms with Crippen LogP contribution in [0.2, 0.25) is 5.02 Å². The quantitative estimate of drug-likeness (QED) is 0.150. The Morgan fingerprint density at radius 2 is 1.78 bits per heavy atom. The molecule has 6 nitrogen and oxygen atoms in total. The van der Waals surface area contributed by atoms with Gasteiger partial charge in [-0.3, -0.25) is 9.59 Å². The second kappa shape index (κ2) is 10.8. The number of nitrogens with zero attached hydrogens (tertiary/aromatic N) is 1. The first-order valence-corrected chi connectivity index (χ1v) is 11.9. The van der Waals surface area contributed by atoms with Crippen molar-refractivity contribution in [3.63, 3.8) is 0 Å². The summed E-state index contributed by atoms with van der Waals surface area (Å²) in [5.41, 5.74) is 6.12. The first-order chi connectivity index (χ1) is 17.2. The molecule has 2 N–H and O–H groups in total. The summed E-state index contributed by atoms with van der Waals surface area (Å²) in [6, 6.07) is 23.0. The highest BCUT2D eigenvalue weighted by Crippen LogP contribution is 2.36. The van der Waals surface area contributed by atoms with Crippen molar-refractivity contribution < 1.29 is 14.0 Å². The van der Waals surface area contributed by atoms with Crippen LogP contribution in [0.25, 0.3) is 0 Å². The monoisotopic (exact) mass is 517 g/mol. The van der Waals surface area contributed by atoms with E-state index in [1.54, 1.807) is 48.9 Å². The summed E-state index contributed by atoms with van der Waals surface area (Å²) in [7, 11) is 0. The van der Waals surface area contributed by atoms with E-state index >= 15 is 0 Å². The molecule has 8 heteroatoms. The maximum atomic E-state index is 13.1. The zero-order chi connectivity index (χ0) is 25.7. The maximum Gasteiger partial charge on any atom is 0.273 e. The predicted octanol–water partition coefficient (Wildman–Crippen LogP) is 6.45. The molecule has 4 aromatic rings. The van der Waals surface area contributed by atoms with E-state index in [0.717, 1.165) is 16.7 Å². The molecule has 0 aliphatic heterocycles. The number of hydrogen-bond acceptors (Lipinski definition) is 5. The van der Waals surface area contributed by atoms with Gasteiger partial charge in [0.25, 0.3) is 11.8 Å². The van der Waals surface area contributed by atoms with Crippen molar-refractivity contribution in [2.24, 2.45) is 5.10 Å². The largest absolute Gasteiger partial charge is 0.468 e.